The summed E-state index contributed by atoms with van der Waals surface area (Å²) >= 11 is 0. The normalized spacial score (nSPS) is 17.8. The van der Waals surface area contributed by atoms with Crippen LogP contribution >= 0.6 is 0 Å². The predicted molar refractivity (Wildman–Crippen MR) is 124 cm³/mol. The smallest absolute Gasteiger partial charge is 0.360 e. The largest absolute Gasteiger partial charge is 0.508 e. The van der Waals surface area contributed by atoms with Crippen LogP contribution in [0.15, 0.2) is 51.7 Å². The number of carbonyl (C=O) groups is 1. The molecule has 8 heteroatoms. The van der Waals surface area contributed by atoms with Crippen LogP contribution in [0.25, 0.3) is 11.0 Å². The van der Waals surface area contributed by atoms with Crippen molar-refractivity contribution in [2.45, 2.75) is 25.8 Å². The van der Waals surface area contributed by atoms with Crippen LogP contribution in [0.5, 0.6) is 5.75 Å². The number of benzene rings is 2. The molecule has 0 saturated carbocycles. The third kappa shape index (κ3) is 3.84. The fourth-order valence-corrected chi connectivity index (χ4v) is 4.95. The SMILES string of the molecule is CC(C(=O)N1CCCc2c1c(=O)oc1ccc(O)cc21)N1CCN(c2ccccc2F)CC1. The number of nitrogens with zero attached hydrogens (tertiary/aromatic N) is 3. The molecule has 5 rings (SSSR count). The highest BCUT2D eigenvalue weighted by molar-refractivity contribution is 6.00. The van der Waals surface area contributed by atoms with Gasteiger partial charge in [0.2, 0.25) is 5.91 Å². The summed E-state index contributed by atoms with van der Waals surface area (Å²) in [6.07, 6.45) is 1.36. The summed E-state index contributed by atoms with van der Waals surface area (Å²) in [4.78, 5) is 31.9. The van der Waals surface area contributed by atoms with Gasteiger partial charge >= 0.3 is 5.63 Å². The van der Waals surface area contributed by atoms with Gasteiger partial charge in [0.05, 0.1) is 11.7 Å². The number of anilines is 2. The number of phenolic OH excluding ortho intramolecular Hbond substituents is 1. The highest BCUT2D eigenvalue weighted by Crippen LogP contribution is 2.33. The first kappa shape index (κ1) is 21.5. The highest BCUT2D eigenvalue weighted by atomic mass is 19.1. The Morgan fingerprint density at radius 1 is 1.09 bits per heavy atom. The van der Waals surface area contributed by atoms with E-state index in [1.54, 1.807) is 29.2 Å². The number of hydrogen-bond donors (Lipinski definition) is 1. The second-order valence-electron chi connectivity index (χ2n) is 8.64. The molecule has 2 aliphatic rings. The van der Waals surface area contributed by atoms with Gasteiger partial charge in [0.15, 0.2) is 0 Å². The van der Waals surface area contributed by atoms with Gasteiger partial charge in [0.1, 0.15) is 22.8 Å². The minimum absolute atomic E-state index is 0.0862. The Labute approximate surface area is 190 Å². The van der Waals surface area contributed by atoms with E-state index in [9.17, 15) is 19.1 Å². The molecule has 0 aliphatic carbocycles. The number of rotatable bonds is 3. The zero-order valence-corrected chi connectivity index (χ0v) is 18.5. The third-order valence-electron chi connectivity index (χ3n) is 6.73. The molecular formula is C25H26FN3O4. The average molecular weight is 451 g/mol. The topological polar surface area (TPSA) is 77.2 Å². The summed E-state index contributed by atoms with van der Waals surface area (Å²) in [6.45, 7) is 4.75. The number of phenols is 1. The Balaban J connectivity index is 1.37. The van der Waals surface area contributed by atoms with Gasteiger partial charge in [-0.1, -0.05) is 12.1 Å². The first-order valence-electron chi connectivity index (χ1n) is 11.3. The molecule has 2 aliphatic heterocycles. The molecule has 1 aromatic heterocycles. The van der Waals surface area contributed by atoms with E-state index < -0.39 is 11.7 Å². The second-order valence-corrected chi connectivity index (χ2v) is 8.64. The minimum atomic E-state index is -0.534. The molecule has 1 amide bonds. The molecule has 1 fully saturated rings. The van der Waals surface area contributed by atoms with Crippen molar-refractivity contribution in [2.24, 2.45) is 0 Å². The van der Waals surface area contributed by atoms with Crippen LogP contribution in [0.1, 0.15) is 18.9 Å². The van der Waals surface area contributed by atoms with E-state index in [2.05, 4.69) is 4.90 Å². The minimum Gasteiger partial charge on any atom is -0.508 e. The zero-order valence-electron chi connectivity index (χ0n) is 18.5. The van der Waals surface area contributed by atoms with Gasteiger partial charge in [0.25, 0.3) is 0 Å². The van der Waals surface area contributed by atoms with Crippen molar-refractivity contribution >= 4 is 28.3 Å². The van der Waals surface area contributed by atoms with Crippen molar-refractivity contribution in [2.75, 3.05) is 42.5 Å². The summed E-state index contributed by atoms with van der Waals surface area (Å²) in [5.74, 6) is -0.310. The van der Waals surface area contributed by atoms with Crippen LogP contribution in [0.2, 0.25) is 0 Å². The van der Waals surface area contributed by atoms with Crippen LogP contribution < -0.4 is 15.4 Å². The number of fused-ring (bicyclic) bond motifs is 3. The van der Waals surface area contributed by atoms with Crippen molar-refractivity contribution in [3.05, 3.63) is 64.3 Å². The van der Waals surface area contributed by atoms with Crippen molar-refractivity contribution in [3.8, 4) is 5.75 Å². The molecule has 2 aromatic carbocycles. The second kappa shape index (κ2) is 8.51. The summed E-state index contributed by atoms with van der Waals surface area (Å²) in [5, 5.41) is 10.6. The van der Waals surface area contributed by atoms with E-state index in [-0.39, 0.29) is 23.2 Å². The predicted octanol–water partition coefficient (Wildman–Crippen LogP) is 3.13. The number of hydrogen-bond acceptors (Lipinski definition) is 6. The van der Waals surface area contributed by atoms with Crippen LogP contribution in [0.4, 0.5) is 15.8 Å². The molecule has 7 nitrogen and oxygen atoms in total. The molecule has 3 aromatic rings. The Bertz CT molecular complexity index is 1270. The molecule has 0 radical (unpaired) electrons. The van der Waals surface area contributed by atoms with Gasteiger partial charge in [-0.25, -0.2) is 9.18 Å². The van der Waals surface area contributed by atoms with E-state index in [0.717, 1.165) is 12.0 Å². The van der Waals surface area contributed by atoms with Crippen molar-refractivity contribution in [3.63, 3.8) is 0 Å². The maximum Gasteiger partial charge on any atom is 0.360 e. The Morgan fingerprint density at radius 2 is 1.85 bits per heavy atom. The number of aromatic hydroxyl groups is 1. The quantitative estimate of drug-likeness (QED) is 0.617. The van der Waals surface area contributed by atoms with Gasteiger partial charge in [0, 0.05) is 38.1 Å². The zero-order chi connectivity index (χ0) is 23.1. The first-order valence-corrected chi connectivity index (χ1v) is 11.3. The average Bonchev–Trinajstić information content (AvgIpc) is 2.84. The molecule has 1 unspecified atom stereocenters. The standard InChI is InChI=1S/C25H26FN3O4/c1-16(27-11-13-28(14-12-27)21-7-3-2-6-20(21)26)24(31)29-10-4-5-18-19-15-17(30)8-9-22(19)33-25(32)23(18)29/h2-3,6-9,15-16,30H,4-5,10-14H2,1H3. The fourth-order valence-electron chi connectivity index (χ4n) is 4.95. The van der Waals surface area contributed by atoms with Gasteiger partial charge < -0.3 is 19.3 Å². The molecular weight excluding hydrogens is 425 g/mol. The van der Waals surface area contributed by atoms with Gasteiger partial charge in [-0.05, 0) is 55.7 Å². The number of carbonyl (C=O) groups excluding carboxylic acids is 1. The Kier molecular flexibility index (Phi) is 5.54. The molecule has 1 saturated heterocycles. The van der Waals surface area contributed by atoms with Crippen molar-refractivity contribution < 1.29 is 18.7 Å². The molecule has 33 heavy (non-hydrogen) atoms. The van der Waals surface area contributed by atoms with E-state index >= 15 is 0 Å². The lowest BCUT2D eigenvalue weighted by molar-refractivity contribution is -0.123. The number of aryl methyl sites for hydroxylation is 1. The van der Waals surface area contributed by atoms with Crippen LogP contribution in [-0.2, 0) is 11.2 Å². The third-order valence-corrected chi connectivity index (χ3v) is 6.73. The monoisotopic (exact) mass is 451 g/mol. The Hall–Kier alpha value is -3.39. The lowest BCUT2D eigenvalue weighted by Gasteiger charge is -2.40. The summed E-state index contributed by atoms with van der Waals surface area (Å²) in [6, 6.07) is 10.9. The number of amides is 1. The van der Waals surface area contributed by atoms with E-state index in [1.807, 2.05) is 17.9 Å². The maximum atomic E-state index is 14.1. The number of halogens is 1. The first-order chi connectivity index (χ1) is 15.9. The van der Waals surface area contributed by atoms with Gasteiger partial charge in [-0.3, -0.25) is 9.69 Å². The lowest BCUT2D eigenvalue weighted by Crippen LogP contribution is -2.56. The summed E-state index contributed by atoms with van der Waals surface area (Å²) in [5.41, 5.74) is 1.47. The van der Waals surface area contributed by atoms with Crippen molar-refractivity contribution in [1.82, 2.24) is 4.90 Å². The van der Waals surface area contributed by atoms with Crippen molar-refractivity contribution in [1.29, 1.82) is 0 Å². The maximum absolute atomic E-state index is 14.1. The number of para-hydroxylation sites is 1. The lowest BCUT2D eigenvalue weighted by atomic mass is 9.98. The highest BCUT2D eigenvalue weighted by Gasteiger charge is 2.34. The van der Waals surface area contributed by atoms with Gasteiger partial charge in [-0.15, -0.1) is 0 Å². The molecule has 1 atom stereocenters. The summed E-state index contributed by atoms with van der Waals surface area (Å²) < 4.78 is 19.6. The molecule has 0 spiro atoms. The van der Waals surface area contributed by atoms with E-state index in [0.29, 0.717) is 55.8 Å². The summed E-state index contributed by atoms with van der Waals surface area (Å²) in [7, 11) is 0. The van der Waals surface area contributed by atoms with E-state index in [1.165, 1.54) is 12.1 Å². The van der Waals surface area contributed by atoms with Crippen LogP contribution in [0.3, 0.4) is 0 Å². The van der Waals surface area contributed by atoms with E-state index in [4.69, 9.17) is 4.42 Å². The molecule has 1 N–H and O–H groups in total. The van der Waals surface area contributed by atoms with Gasteiger partial charge in [-0.2, -0.15) is 0 Å². The number of piperazine rings is 1. The van der Waals surface area contributed by atoms with Crippen LogP contribution in [-0.4, -0.2) is 54.7 Å². The van der Waals surface area contributed by atoms with Crippen LogP contribution in [0, 0.1) is 5.82 Å². The molecule has 3 heterocycles. The molecule has 0 bridgehead atoms. The molecule has 172 valence electrons. The Morgan fingerprint density at radius 3 is 2.61 bits per heavy atom. The fraction of sp³-hybridized carbons (Fsp3) is 0.360.